The van der Waals surface area contributed by atoms with Crippen LogP contribution in [0.5, 0.6) is 0 Å². The molecule has 1 aromatic rings. The first-order valence-electron chi connectivity index (χ1n) is 5.49. The van der Waals surface area contributed by atoms with Gasteiger partial charge in [0.1, 0.15) is 0 Å². The zero-order chi connectivity index (χ0) is 11.5. The van der Waals surface area contributed by atoms with E-state index in [-0.39, 0.29) is 24.4 Å². The third-order valence-electron chi connectivity index (χ3n) is 2.98. The first-order valence-corrected chi connectivity index (χ1v) is 6.57. The number of hydrogen-bond donors (Lipinski definition) is 1. The molecule has 3 nitrogen and oxygen atoms in total. The molecule has 0 spiro atoms. The van der Waals surface area contributed by atoms with E-state index >= 15 is 0 Å². The van der Waals surface area contributed by atoms with E-state index in [1.807, 2.05) is 29.2 Å². The molecule has 1 amide bonds. The molecule has 1 atom stereocenters. The number of carbonyl (C=O) groups excluding carboxylic acids is 1. The van der Waals surface area contributed by atoms with Crippen LogP contribution in [0.2, 0.25) is 0 Å². The van der Waals surface area contributed by atoms with E-state index in [1.165, 1.54) is 0 Å². The fourth-order valence-electron chi connectivity index (χ4n) is 2.14. The van der Waals surface area contributed by atoms with Crippen LogP contribution < -0.4 is 5.73 Å². The van der Waals surface area contributed by atoms with Crippen LogP contribution in [0.25, 0.3) is 0 Å². The molecule has 2 N–H and O–H groups in total. The Kier molecular flexibility index (Phi) is 5.69. The lowest BCUT2D eigenvalue weighted by molar-refractivity contribution is 0.0741. The molecule has 1 aromatic carbocycles. The summed E-state index contributed by atoms with van der Waals surface area (Å²) in [5.74, 6) is 0.117. The van der Waals surface area contributed by atoms with Gasteiger partial charge < -0.3 is 10.6 Å². The number of likely N-dealkylation sites (tertiary alicyclic amines) is 1. The SMILES string of the molecule is Cl.NCC1CCCN1C(=O)c1cccc(I)c1. The van der Waals surface area contributed by atoms with Crippen LogP contribution in [-0.4, -0.2) is 29.9 Å². The average Bonchev–Trinajstić information content (AvgIpc) is 2.76. The Morgan fingerprint density at radius 3 is 2.94 bits per heavy atom. The maximum absolute atomic E-state index is 12.2. The number of halogens is 2. The van der Waals surface area contributed by atoms with Crippen LogP contribution in [0.4, 0.5) is 0 Å². The van der Waals surface area contributed by atoms with Crippen LogP contribution in [-0.2, 0) is 0 Å². The van der Waals surface area contributed by atoms with Crippen molar-refractivity contribution in [1.29, 1.82) is 0 Å². The molecular formula is C12H16ClIN2O. The maximum atomic E-state index is 12.2. The Morgan fingerprint density at radius 2 is 2.29 bits per heavy atom. The minimum atomic E-state index is 0. The van der Waals surface area contributed by atoms with Gasteiger partial charge in [-0.2, -0.15) is 0 Å². The van der Waals surface area contributed by atoms with Gasteiger partial charge in [0.05, 0.1) is 0 Å². The van der Waals surface area contributed by atoms with Gasteiger partial charge in [-0.15, -0.1) is 12.4 Å². The molecule has 0 radical (unpaired) electrons. The molecule has 17 heavy (non-hydrogen) atoms. The highest BCUT2D eigenvalue weighted by Crippen LogP contribution is 2.20. The highest BCUT2D eigenvalue weighted by molar-refractivity contribution is 14.1. The van der Waals surface area contributed by atoms with E-state index in [2.05, 4.69) is 22.6 Å². The van der Waals surface area contributed by atoms with E-state index < -0.39 is 0 Å². The summed E-state index contributed by atoms with van der Waals surface area (Å²) in [6, 6.07) is 7.93. The van der Waals surface area contributed by atoms with Gasteiger partial charge in [0, 0.05) is 28.3 Å². The van der Waals surface area contributed by atoms with E-state index in [1.54, 1.807) is 0 Å². The van der Waals surface area contributed by atoms with E-state index in [0.717, 1.165) is 28.5 Å². The lowest BCUT2D eigenvalue weighted by Crippen LogP contribution is -2.39. The molecule has 1 fully saturated rings. The highest BCUT2D eigenvalue weighted by atomic mass is 127. The predicted octanol–water partition coefficient (Wildman–Crippen LogP) is 2.28. The van der Waals surface area contributed by atoms with Gasteiger partial charge in [0.15, 0.2) is 0 Å². The second-order valence-corrected chi connectivity index (χ2v) is 5.29. The number of hydrogen-bond acceptors (Lipinski definition) is 2. The van der Waals surface area contributed by atoms with Crippen molar-refractivity contribution in [3.63, 3.8) is 0 Å². The monoisotopic (exact) mass is 366 g/mol. The number of carbonyl (C=O) groups is 1. The first-order chi connectivity index (χ1) is 7.72. The van der Waals surface area contributed by atoms with E-state index in [0.29, 0.717) is 6.54 Å². The van der Waals surface area contributed by atoms with Gasteiger partial charge in [-0.1, -0.05) is 6.07 Å². The third kappa shape index (κ3) is 3.33. The third-order valence-corrected chi connectivity index (χ3v) is 3.65. The number of benzene rings is 1. The minimum absolute atomic E-state index is 0. The van der Waals surface area contributed by atoms with Gasteiger partial charge >= 0.3 is 0 Å². The molecule has 0 saturated carbocycles. The molecule has 5 heteroatoms. The van der Waals surface area contributed by atoms with Crippen LogP contribution in [0.15, 0.2) is 24.3 Å². The Labute approximate surface area is 121 Å². The fraction of sp³-hybridized carbons (Fsp3) is 0.417. The molecule has 1 unspecified atom stereocenters. The molecule has 0 bridgehead atoms. The first kappa shape index (κ1) is 14.7. The van der Waals surface area contributed by atoms with Crippen LogP contribution in [0, 0.1) is 3.57 Å². The number of nitrogens with zero attached hydrogens (tertiary/aromatic N) is 1. The molecule has 0 aliphatic carbocycles. The normalized spacial score (nSPS) is 18.9. The zero-order valence-electron chi connectivity index (χ0n) is 9.43. The Bertz CT molecular complexity index is 400. The summed E-state index contributed by atoms with van der Waals surface area (Å²) < 4.78 is 1.09. The summed E-state index contributed by atoms with van der Waals surface area (Å²) in [4.78, 5) is 14.1. The number of rotatable bonds is 2. The summed E-state index contributed by atoms with van der Waals surface area (Å²) in [7, 11) is 0. The smallest absolute Gasteiger partial charge is 0.254 e. The molecule has 0 aromatic heterocycles. The quantitative estimate of drug-likeness (QED) is 0.816. The molecular weight excluding hydrogens is 351 g/mol. The van der Waals surface area contributed by atoms with Crippen LogP contribution in [0.1, 0.15) is 23.2 Å². The van der Waals surface area contributed by atoms with E-state index in [9.17, 15) is 4.79 Å². The lowest BCUT2D eigenvalue weighted by atomic mass is 10.1. The summed E-state index contributed by atoms with van der Waals surface area (Å²) in [6.07, 6.45) is 2.10. The predicted molar refractivity (Wildman–Crippen MR) is 79.5 cm³/mol. The molecule has 1 heterocycles. The van der Waals surface area contributed by atoms with Gasteiger partial charge in [-0.3, -0.25) is 4.79 Å². The van der Waals surface area contributed by atoms with Crippen LogP contribution >= 0.6 is 35.0 Å². The summed E-state index contributed by atoms with van der Waals surface area (Å²) >= 11 is 2.22. The zero-order valence-corrected chi connectivity index (χ0v) is 12.4. The molecule has 1 saturated heterocycles. The van der Waals surface area contributed by atoms with E-state index in [4.69, 9.17) is 5.73 Å². The Morgan fingerprint density at radius 1 is 1.53 bits per heavy atom. The van der Waals surface area contributed by atoms with Gasteiger partial charge in [0.25, 0.3) is 5.91 Å². The van der Waals surface area contributed by atoms with Crippen molar-refractivity contribution in [1.82, 2.24) is 4.90 Å². The minimum Gasteiger partial charge on any atom is -0.334 e. The van der Waals surface area contributed by atoms with Gasteiger partial charge in [-0.25, -0.2) is 0 Å². The van der Waals surface area contributed by atoms with Crippen molar-refractivity contribution in [2.75, 3.05) is 13.1 Å². The van der Waals surface area contributed by atoms with Crippen LogP contribution in [0.3, 0.4) is 0 Å². The Hall–Kier alpha value is -0.330. The molecule has 94 valence electrons. The standard InChI is InChI=1S/C12H15IN2O.ClH/c13-10-4-1-3-9(7-10)12(16)15-6-2-5-11(15)8-14;/h1,3-4,7,11H,2,5-6,8,14H2;1H. The molecule has 1 aliphatic rings. The summed E-state index contributed by atoms with van der Waals surface area (Å²) in [6.45, 7) is 1.40. The highest BCUT2D eigenvalue weighted by Gasteiger charge is 2.28. The van der Waals surface area contributed by atoms with Crippen molar-refractivity contribution in [2.24, 2.45) is 5.73 Å². The largest absolute Gasteiger partial charge is 0.334 e. The summed E-state index contributed by atoms with van der Waals surface area (Å²) in [5.41, 5.74) is 6.45. The molecule has 2 rings (SSSR count). The lowest BCUT2D eigenvalue weighted by Gasteiger charge is -2.23. The van der Waals surface area contributed by atoms with Crippen molar-refractivity contribution >= 4 is 40.9 Å². The topological polar surface area (TPSA) is 46.3 Å². The Balaban J connectivity index is 0.00000144. The fourth-order valence-corrected chi connectivity index (χ4v) is 2.68. The molecule has 1 aliphatic heterocycles. The number of amides is 1. The second-order valence-electron chi connectivity index (χ2n) is 4.04. The second kappa shape index (κ2) is 6.56. The average molecular weight is 367 g/mol. The van der Waals surface area contributed by atoms with Crippen molar-refractivity contribution in [3.05, 3.63) is 33.4 Å². The number of nitrogens with two attached hydrogens (primary N) is 1. The summed E-state index contributed by atoms with van der Waals surface area (Å²) in [5, 5.41) is 0. The van der Waals surface area contributed by atoms with Crippen molar-refractivity contribution < 1.29 is 4.79 Å². The van der Waals surface area contributed by atoms with Crippen molar-refractivity contribution in [3.8, 4) is 0 Å². The van der Waals surface area contributed by atoms with Crippen molar-refractivity contribution in [2.45, 2.75) is 18.9 Å². The van der Waals surface area contributed by atoms with Gasteiger partial charge in [0.2, 0.25) is 0 Å². The maximum Gasteiger partial charge on any atom is 0.254 e. The van der Waals surface area contributed by atoms with Gasteiger partial charge in [-0.05, 0) is 53.6 Å².